The van der Waals surface area contributed by atoms with Gasteiger partial charge in [0.05, 0.1) is 11.3 Å². The second-order valence-corrected chi connectivity index (χ2v) is 6.38. The Morgan fingerprint density at radius 3 is 2.44 bits per heavy atom. The number of rotatable bonds is 4. The smallest absolute Gasteiger partial charge is 0.349 e. The minimum absolute atomic E-state index is 0.113. The van der Waals surface area contributed by atoms with Crippen LogP contribution in [0.4, 0.5) is 18.9 Å². The molecule has 3 rings (SSSR count). The number of amides is 2. The molecule has 1 saturated carbocycles. The number of nitrogens with zero attached hydrogens (tertiary/aromatic N) is 1. The fraction of sp³-hybridized carbons (Fsp3) is 0.316. The Morgan fingerprint density at radius 1 is 1.04 bits per heavy atom. The van der Waals surface area contributed by atoms with Crippen LogP contribution in [-0.2, 0) is 6.18 Å². The minimum atomic E-state index is -4.60. The Bertz CT molecular complexity index is 846. The van der Waals surface area contributed by atoms with Gasteiger partial charge in [0.25, 0.3) is 11.8 Å². The molecule has 1 aromatic carbocycles. The fourth-order valence-corrected chi connectivity index (χ4v) is 3.06. The third-order valence-corrected chi connectivity index (χ3v) is 4.43. The lowest BCUT2D eigenvalue weighted by Gasteiger charge is -2.14. The molecule has 142 valence electrons. The fourth-order valence-electron chi connectivity index (χ4n) is 3.06. The number of halogens is 3. The predicted octanol–water partition coefficient (Wildman–Crippen LogP) is 4.03. The number of anilines is 1. The lowest BCUT2D eigenvalue weighted by Crippen LogP contribution is -2.32. The van der Waals surface area contributed by atoms with Crippen LogP contribution in [0.25, 0.3) is 0 Å². The van der Waals surface area contributed by atoms with Gasteiger partial charge in [-0.15, -0.1) is 0 Å². The van der Waals surface area contributed by atoms with Crippen molar-refractivity contribution in [3.05, 3.63) is 59.4 Å². The summed E-state index contributed by atoms with van der Waals surface area (Å²) in [7, 11) is 0. The first-order chi connectivity index (χ1) is 12.8. The molecule has 0 atom stereocenters. The molecule has 1 aliphatic rings. The zero-order chi connectivity index (χ0) is 19.4. The summed E-state index contributed by atoms with van der Waals surface area (Å²) in [5, 5.41) is 5.11. The Kier molecular flexibility index (Phi) is 5.43. The van der Waals surface area contributed by atoms with Crippen molar-refractivity contribution in [2.24, 2.45) is 0 Å². The third-order valence-electron chi connectivity index (χ3n) is 4.43. The van der Waals surface area contributed by atoms with Gasteiger partial charge in [-0.3, -0.25) is 14.6 Å². The number of pyridine rings is 1. The first kappa shape index (κ1) is 18.9. The number of carbonyl (C=O) groups excluding carboxylic acids is 2. The quantitative estimate of drug-likeness (QED) is 0.845. The molecule has 1 heterocycles. The molecule has 0 bridgehead atoms. The van der Waals surface area contributed by atoms with Gasteiger partial charge in [0.15, 0.2) is 0 Å². The summed E-state index contributed by atoms with van der Waals surface area (Å²) in [6.45, 7) is 0. The topological polar surface area (TPSA) is 71.1 Å². The maximum absolute atomic E-state index is 13.0. The third kappa shape index (κ3) is 4.64. The molecule has 5 nitrogen and oxygen atoms in total. The molecule has 2 N–H and O–H groups in total. The predicted molar refractivity (Wildman–Crippen MR) is 93.4 cm³/mol. The number of nitrogens with one attached hydrogen (secondary N) is 2. The number of carbonyl (C=O) groups is 2. The van der Waals surface area contributed by atoms with Gasteiger partial charge in [-0.1, -0.05) is 25.0 Å². The van der Waals surface area contributed by atoms with Gasteiger partial charge in [0.2, 0.25) is 0 Å². The first-order valence-corrected chi connectivity index (χ1v) is 8.59. The van der Waals surface area contributed by atoms with E-state index in [9.17, 15) is 22.8 Å². The van der Waals surface area contributed by atoms with Crippen molar-refractivity contribution >= 4 is 17.5 Å². The second-order valence-electron chi connectivity index (χ2n) is 6.38. The molecule has 2 aromatic rings. The standard InChI is InChI=1S/C19H18F3N3O2/c20-19(21,22)14-7-3-4-8-15(14)25-18(27)16-11-12(9-10-23-16)17(26)24-13-5-1-2-6-13/h3-4,7-11,13H,1-2,5-6H2,(H,24,26)(H,25,27). The first-order valence-electron chi connectivity index (χ1n) is 8.59. The van der Waals surface area contributed by atoms with Crippen LogP contribution in [0.1, 0.15) is 52.1 Å². The highest BCUT2D eigenvalue weighted by atomic mass is 19.4. The molecule has 0 aliphatic heterocycles. The molecule has 1 aliphatic carbocycles. The lowest BCUT2D eigenvalue weighted by atomic mass is 10.1. The van der Waals surface area contributed by atoms with Gasteiger partial charge in [-0.2, -0.15) is 13.2 Å². The number of benzene rings is 1. The van der Waals surface area contributed by atoms with Crippen molar-refractivity contribution in [2.75, 3.05) is 5.32 Å². The molecule has 0 saturated heterocycles. The molecule has 1 aromatic heterocycles. The van der Waals surface area contributed by atoms with E-state index < -0.39 is 17.6 Å². The van der Waals surface area contributed by atoms with Crippen LogP contribution in [-0.4, -0.2) is 22.8 Å². The van der Waals surface area contributed by atoms with E-state index in [0.29, 0.717) is 0 Å². The Hall–Kier alpha value is -2.90. The van der Waals surface area contributed by atoms with Crippen molar-refractivity contribution in [1.82, 2.24) is 10.3 Å². The zero-order valence-corrected chi connectivity index (χ0v) is 14.3. The largest absolute Gasteiger partial charge is 0.418 e. The molecular weight excluding hydrogens is 359 g/mol. The molecule has 0 radical (unpaired) electrons. The number of para-hydroxylation sites is 1. The molecule has 8 heteroatoms. The summed E-state index contributed by atoms with van der Waals surface area (Å²) < 4.78 is 39.1. The highest BCUT2D eigenvalue weighted by Crippen LogP contribution is 2.34. The minimum Gasteiger partial charge on any atom is -0.349 e. The van der Waals surface area contributed by atoms with E-state index >= 15 is 0 Å². The second kappa shape index (κ2) is 7.77. The maximum atomic E-state index is 13.0. The summed E-state index contributed by atoms with van der Waals surface area (Å²) in [5.74, 6) is -1.14. The van der Waals surface area contributed by atoms with Crippen LogP contribution in [0, 0.1) is 0 Å². The van der Waals surface area contributed by atoms with Gasteiger partial charge in [-0.25, -0.2) is 0 Å². The molecule has 0 spiro atoms. The SMILES string of the molecule is O=C(NC1CCCC1)c1ccnc(C(=O)Nc2ccccc2C(F)(F)F)c1. The normalized spacial score (nSPS) is 14.8. The van der Waals surface area contributed by atoms with E-state index in [1.54, 1.807) is 0 Å². The zero-order valence-electron chi connectivity index (χ0n) is 14.3. The summed E-state index contributed by atoms with van der Waals surface area (Å²) in [4.78, 5) is 28.5. The van der Waals surface area contributed by atoms with Crippen LogP contribution in [0.3, 0.4) is 0 Å². The Labute approximate surface area is 154 Å². The van der Waals surface area contributed by atoms with E-state index in [2.05, 4.69) is 15.6 Å². The van der Waals surface area contributed by atoms with Crippen molar-refractivity contribution in [3.63, 3.8) is 0 Å². The molecule has 1 fully saturated rings. The molecule has 2 amide bonds. The van der Waals surface area contributed by atoms with Gasteiger partial charge < -0.3 is 10.6 Å². The summed E-state index contributed by atoms with van der Waals surface area (Å²) >= 11 is 0. The monoisotopic (exact) mass is 377 g/mol. The number of hydrogen-bond donors (Lipinski definition) is 2. The van der Waals surface area contributed by atoms with E-state index in [1.807, 2.05) is 0 Å². The van der Waals surface area contributed by atoms with Crippen molar-refractivity contribution in [2.45, 2.75) is 37.9 Å². The number of alkyl halides is 3. The lowest BCUT2D eigenvalue weighted by molar-refractivity contribution is -0.136. The highest BCUT2D eigenvalue weighted by Gasteiger charge is 2.33. The van der Waals surface area contributed by atoms with E-state index in [1.165, 1.54) is 30.5 Å². The molecular formula is C19H18F3N3O2. The molecule has 0 unspecified atom stereocenters. The van der Waals surface area contributed by atoms with Gasteiger partial charge >= 0.3 is 6.18 Å². The number of hydrogen-bond acceptors (Lipinski definition) is 3. The van der Waals surface area contributed by atoms with E-state index in [0.717, 1.165) is 37.8 Å². The summed E-state index contributed by atoms with van der Waals surface area (Å²) in [5.41, 5.74) is -1.21. The van der Waals surface area contributed by atoms with Crippen molar-refractivity contribution in [1.29, 1.82) is 0 Å². The highest BCUT2D eigenvalue weighted by molar-refractivity contribution is 6.05. The van der Waals surface area contributed by atoms with Crippen LogP contribution in [0.2, 0.25) is 0 Å². The van der Waals surface area contributed by atoms with E-state index in [-0.39, 0.29) is 28.9 Å². The van der Waals surface area contributed by atoms with Crippen LogP contribution < -0.4 is 10.6 Å². The van der Waals surface area contributed by atoms with Crippen LogP contribution in [0.15, 0.2) is 42.6 Å². The molecule has 27 heavy (non-hydrogen) atoms. The summed E-state index contributed by atoms with van der Waals surface area (Å²) in [6.07, 6.45) is 0.645. The maximum Gasteiger partial charge on any atom is 0.418 e. The number of aromatic nitrogens is 1. The Balaban J connectivity index is 1.75. The van der Waals surface area contributed by atoms with Crippen LogP contribution in [0.5, 0.6) is 0 Å². The Morgan fingerprint density at radius 2 is 1.74 bits per heavy atom. The van der Waals surface area contributed by atoms with Gasteiger partial charge in [-0.05, 0) is 37.1 Å². The van der Waals surface area contributed by atoms with Gasteiger partial charge in [0.1, 0.15) is 5.69 Å². The summed E-state index contributed by atoms with van der Waals surface area (Å²) in [6, 6.07) is 7.53. The van der Waals surface area contributed by atoms with Gasteiger partial charge in [0, 0.05) is 17.8 Å². The average molecular weight is 377 g/mol. The average Bonchev–Trinajstić information content (AvgIpc) is 3.14. The van der Waals surface area contributed by atoms with Crippen molar-refractivity contribution < 1.29 is 22.8 Å². The van der Waals surface area contributed by atoms with E-state index in [4.69, 9.17) is 0 Å². The van der Waals surface area contributed by atoms with Crippen LogP contribution >= 0.6 is 0 Å². The van der Waals surface area contributed by atoms with Crippen molar-refractivity contribution in [3.8, 4) is 0 Å².